The number of para-hydroxylation sites is 1. The predicted octanol–water partition coefficient (Wildman–Crippen LogP) is 3.41. The monoisotopic (exact) mass is 346 g/mol. The smallest absolute Gasteiger partial charge is 0.222 e. The zero-order valence-corrected chi connectivity index (χ0v) is 14.0. The maximum atomic E-state index is 5.98. The van der Waals surface area contributed by atoms with Gasteiger partial charge < -0.3 is 16.0 Å². The third kappa shape index (κ3) is 2.20. The summed E-state index contributed by atoms with van der Waals surface area (Å²) in [5.74, 6) is 0.597. The maximum Gasteiger partial charge on any atom is 0.222 e. The van der Waals surface area contributed by atoms with Crippen LogP contribution in [0.15, 0.2) is 48.7 Å². The zero-order valence-electron chi connectivity index (χ0n) is 13.2. The minimum absolute atomic E-state index is 0.191. The Balaban J connectivity index is 1.65. The molecule has 0 aliphatic rings. The Hall–Kier alpha value is -3.19. The molecule has 0 radical (unpaired) electrons. The van der Waals surface area contributed by atoms with Gasteiger partial charge in [0.05, 0.1) is 27.8 Å². The molecule has 0 unspecified atom stereocenters. The summed E-state index contributed by atoms with van der Waals surface area (Å²) in [6.45, 7) is 0.713. The van der Waals surface area contributed by atoms with Crippen LogP contribution in [0, 0.1) is 0 Å². The first kappa shape index (κ1) is 14.2. The van der Waals surface area contributed by atoms with Gasteiger partial charge in [0, 0.05) is 17.0 Å². The van der Waals surface area contributed by atoms with Crippen LogP contribution in [0.25, 0.3) is 32.0 Å². The van der Waals surface area contributed by atoms with Gasteiger partial charge in [0.15, 0.2) is 0 Å². The van der Waals surface area contributed by atoms with E-state index in [1.807, 2.05) is 42.6 Å². The molecule has 4 N–H and O–H groups in total. The second-order valence-corrected chi connectivity index (χ2v) is 7.00. The molecular weight excluding hydrogens is 332 g/mol. The maximum absolute atomic E-state index is 5.98. The number of benzene rings is 2. The topological polar surface area (TPSA) is 95.6 Å². The molecule has 3 aromatic heterocycles. The van der Waals surface area contributed by atoms with Crippen molar-refractivity contribution in [3.63, 3.8) is 0 Å². The summed E-state index contributed by atoms with van der Waals surface area (Å²) in [5, 5.41) is 2.90. The van der Waals surface area contributed by atoms with Gasteiger partial charge in [-0.15, -0.1) is 11.3 Å². The number of rotatable bonds is 2. The summed E-state index contributed by atoms with van der Waals surface area (Å²) in [6, 6.07) is 14.2. The van der Waals surface area contributed by atoms with E-state index in [9.17, 15) is 0 Å². The second-order valence-electron chi connectivity index (χ2n) is 5.88. The van der Waals surface area contributed by atoms with Crippen molar-refractivity contribution in [2.24, 2.45) is 0 Å². The number of anilines is 2. The predicted molar refractivity (Wildman–Crippen MR) is 103 cm³/mol. The van der Waals surface area contributed by atoms with E-state index in [2.05, 4.69) is 20.6 Å². The summed E-state index contributed by atoms with van der Waals surface area (Å²) in [5.41, 5.74) is 14.6. The van der Waals surface area contributed by atoms with E-state index < -0.39 is 0 Å². The van der Waals surface area contributed by atoms with Crippen LogP contribution in [0.1, 0.15) is 5.01 Å². The van der Waals surface area contributed by atoms with Gasteiger partial charge in [-0.05, 0) is 30.3 Å². The number of aromatic nitrogens is 4. The summed E-state index contributed by atoms with van der Waals surface area (Å²) in [7, 11) is 0. The van der Waals surface area contributed by atoms with Crippen LogP contribution in [0.3, 0.4) is 0 Å². The Bertz CT molecular complexity index is 1220. The Labute approximate surface area is 146 Å². The number of hydrogen-bond acceptors (Lipinski definition) is 6. The molecule has 5 rings (SSSR count). The number of nitrogen functional groups attached to an aromatic ring is 2. The standard InChI is InChI=1S/C18H14N6S/c19-17-11-5-6-13-10(16(11)22-18(20)23-17)7-8-24(13)9-15-21-12-3-1-2-4-14(12)25-15/h1-8H,9H2,(H4,19,20,22,23). The molecule has 0 aliphatic heterocycles. The first-order valence-corrected chi connectivity index (χ1v) is 8.66. The Kier molecular flexibility index (Phi) is 2.92. The largest absolute Gasteiger partial charge is 0.383 e. The van der Waals surface area contributed by atoms with Crippen molar-refractivity contribution in [2.45, 2.75) is 6.54 Å². The quantitative estimate of drug-likeness (QED) is 0.511. The number of thiazole rings is 1. The van der Waals surface area contributed by atoms with Gasteiger partial charge >= 0.3 is 0 Å². The van der Waals surface area contributed by atoms with Crippen molar-refractivity contribution in [1.82, 2.24) is 19.5 Å². The van der Waals surface area contributed by atoms with Crippen LogP contribution in [0.5, 0.6) is 0 Å². The van der Waals surface area contributed by atoms with E-state index in [0.717, 1.165) is 32.3 Å². The summed E-state index contributed by atoms with van der Waals surface area (Å²) < 4.78 is 3.37. The van der Waals surface area contributed by atoms with Crippen molar-refractivity contribution in [1.29, 1.82) is 0 Å². The molecule has 6 nitrogen and oxygen atoms in total. The lowest BCUT2D eigenvalue weighted by molar-refractivity contribution is 0.831. The lowest BCUT2D eigenvalue weighted by atomic mass is 10.1. The van der Waals surface area contributed by atoms with Crippen LogP contribution in [-0.2, 0) is 6.54 Å². The van der Waals surface area contributed by atoms with Crippen LogP contribution in [0.4, 0.5) is 11.8 Å². The first-order chi connectivity index (χ1) is 12.2. The fourth-order valence-electron chi connectivity index (χ4n) is 3.18. The van der Waals surface area contributed by atoms with E-state index in [4.69, 9.17) is 16.5 Å². The molecule has 0 saturated heterocycles. The van der Waals surface area contributed by atoms with Crippen LogP contribution in [-0.4, -0.2) is 19.5 Å². The van der Waals surface area contributed by atoms with Gasteiger partial charge in [-0.2, -0.15) is 4.98 Å². The molecule has 7 heteroatoms. The van der Waals surface area contributed by atoms with Crippen LogP contribution in [0.2, 0.25) is 0 Å². The SMILES string of the molecule is Nc1nc(N)c2ccc3c(ccn3Cc3nc4ccccc4s3)c2n1. The molecule has 0 bridgehead atoms. The number of nitrogens with two attached hydrogens (primary N) is 2. The molecule has 0 spiro atoms. The fraction of sp³-hybridized carbons (Fsp3) is 0.0556. The average molecular weight is 346 g/mol. The molecular formula is C18H14N6S. The molecule has 25 heavy (non-hydrogen) atoms. The normalized spacial score (nSPS) is 11.7. The Morgan fingerprint density at radius 2 is 1.80 bits per heavy atom. The van der Waals surface area contributed by atoms with Gasteiger partial charge in [0.2, 0.25) is 5.95 Å². The Morgan fingerprint density at radius 3 is 2.68 bits per heavy atom. The summed E-state index contributed by atoms with van der Waals surface area (Å²) in [6.07, 6.45) is 2.05. The minimum Gasteiger partial charge on any atom is -0.383 e. The third-order valence-corrected chi connectivity index (χ3v) is 5.33. The fourth-order valence-corrected chi connectivity index (χ4v) is 4.14. The van der Waals surface area contributed by atoms with Crippen LogP contribution >= 0.6 is 11.3 Å². The molecule has 0 aliphatic carbocycles. The first-order valence-electron chi connectivity index (χ1n) is 7.84. The van der Waals surface area contributed by atoms with Crippen molar-refractivity contribution in [2.75, 3.05) is 11.5 Å². The summed E-state index contributed by atoms with van der Waals surface area (Å²) >= 11 is 1.72. The number of hydrogen-bond donors (Lipinski definition) is 2. The lowest BCUT2D eigenvalue weighted by Gasteiger charge is -2.06. The molecule has 122 valence electrons. The van der Waals surface area contributed by atoms with E-state index in [1.165, 1.54) is 4.70 Å². The molecule has 0 atom stereocenters. The number of nitrogens with zero attached hydrogens (tertiary/aromatic N) is 4. The molecule has 5 aromatic rings. The highest BCUT2D eigenvalue weighted by Crippen LogP contribution is 2.29. The van der Waals surface area contributed by atoms with Gasteiger partial charge in [-0.3, -0.25) is 0 Å². The van der Waals surface area contributed by atoms with E-state index >= 15 is 0 Å². The van der Waals surface area contributed by atoms with Gasteiger partial charge in [0.25, 0.3) is 0 Å². The number of fused-ring (bicyclic) bond motifs is 4. The van der Waals surface area contributed by atoms with Crippen LogP contribution < -0.4 is 11.5 Å². The molecule has 2 aromatic carbocycles. The average Bonchev–Trinajstić information content (AvgIpc) is 3.18. The second kappa shape index (κ2) is 5.15. The molecule has 0 saturated carbocycles. The van der Waals surface area contributed by atoms with Crippen molar-refractivity contribution < 1.29 is 0 Å². The lowest BCUT2D eigenvalue weighted by Crippen LogP contribution is -2.01. The highest BCUT2D eigenvalue weighted by atomic mass is 32.1. The minimum atomic E-state index is 0.191. The van der Waals surface area contributed by atoms with Crippen molar-refractivity contribution >= 4 is 55.1 Å². The summed E-state index contributed by atoms with van der Waals surface area (Å²) in [4.78, 5) is 13.1. The van der Waals surface area contributed by atoms with Crippen molar-refractivity contribution in [3.8, 4) is 0 Å². The van der Waals surface area contributed by atoms with E-state index in [0.29, 0.717) is 12.4 Å². The highest BCUT2D eigenvalue weighted by molar-refractivity contribution is 7.18. The van der Waals surface area contributed by atoms with Crippen molar-refractivity contribution in [3.05, 3.63) is 53.7 Å². The zero-order chi connectivity index (χ0) is 17.0. The molecule has 0 amide bonds. The van der Waals surface area contributed by atoms with Gasteiger partial charge in [-0.25, -0.2) is 9.97 Å². The van der Waals surface area contributed by atoms with E-state index in [-0.39, 0.29) is 5.95 Å². The van der Waals surface area contributed by atoms with E-state index in [1.54, 1.807) is 11.3 Å². The Morgan fingerprint density at radius 1 is 0.920 bits per heavy atom. The van der Waals surface area contributed by atoms with Gasteiger partial charge in [0.1, 0.15) is 10.8 Å². The van der Waals surface area contributed by atoms with Gasteiger partial charge in [-0.1, -0.05) is 12.1 Å². The third-order valence-electron chi connectivity index (χ3n) is 4.31. The highest BCUT2D eigenvalue weighted by Gasteiger charge is 2.11. The molecule has 3 heterocycles. The molecule has 0 fully saturated rings.